The van der Waals surface area contributed by atoms with Crippen LogP contribution in [-0.4, -0.2) is 29.9 Å². The van der Waals surface area contributed by atoms with Gasteiger partial charge in [0.2, 0.25) is 0 Å². The van der Waals surface area contributed by atoms with E-state index in [1.54, 1.807) is 23.0 Å². The van der Waals surface area contributed by atoms with Gasteiger partial charge in [-0.05, 0) is 18.2 Å². The Morgan fingerprint density at radius 3 is 2.71 bits per heavy atom. The molecule has 1 aromatic carbocycles. The number of aromatic nitrogens is 2. The minimum Gasteiger partial charge on any atom is -0.493 e. The monoisotopic (exact) mass is 309 g/mol. The number of halogens is 1. The zero-order valence-electron chi connectivity index (χ0n) is 12.0. The molecule has 0 aliphatic carbocycles. The lowest BCUT2D eigenvalue weighted by Gasteiger charge is -2.12. The normalized spacial score (nSPS) is 10.3. The summed E-state index contributed by atoms with van der Waals surface area (Å²) in [4.78, 5) is 12.2. The lowest BCUT2D eigenvalue weighted by atomic mass is 10.2. The van der Waals surface area contributed by atoms with E-state index in [-0.39, 0.29) is 5.91 Å². The number of methoxy groups -OCH3 is 2. The van der Waals surface area contributed by atoms with Crippen molar-refractivity contribution in [3.63, 3.8) is 0 Å². The van der Waals surface area contributed by atoms with Gasteiger partial charge in [0.1, 0.15) is 0 Å². The SMILES string of the molecule is COc1cc(C(=O)NCc2ccnn2C)cc(Cl)c1OC. The summed E-state index contributed by atoms with van der Waals surface area (Å²) in [5.41, 5.74) is 1.30. The summed E-state index contributed by atoms with van der Waals surface area (Å²) in [6.07, 6.45) is 1.68. The highest BCUT2D eigenvalue weighted by Crippen LogP contribution is 2.35. The van der Waals surface area contributed by atoms with E-state index in [1.165, 1.54) is 14.2 Å². The first-order valence-electron chi connectivity index (χ1n) is 6.23. The Balaban J connectivity index is 2.16. The van der Waals surface area contributed by atoms with E-state index in [4.69, 9.17) is 21.1 Å². The average molecular weight is 310 g/mol. The van der Waals surface area contributed by atoms with Gasteiger partial charge in [0.05, 0.1) is 31.5 Å². The molecular weight excluding hydrogens is 294 g/mol. The number of nitrogens with zero attached hydrogens (tertiary/aromatic N) is 2. The summed E-state index contributed by atoms with van der Waals surface area (Å²) in [5.74, 6) is 0.567. The van der Waals surface area contributed by atoms with Gasteiger partial charge in [-0.15, -0.1) is 0 Å². The van der Waals surface area contributed by atoms with Crippen molar-refractivity contribution in [2.45, 2.75) is 6.54 Å². The Bertz CT molecular complexity index is 655. The van der Waals surface area contributed by atoms with Crippen LogP contribution in [0.3, 0.4) is 0 Å². The Morgan fingerprint density at radius 2 is 2.14 bits per heavy atom. The van der Waals surface area contributed by atoms with Gasteiger partial charge in [0.15, 0.2) is 11.5 Å². The summed E-state index contributed by atoms with van der Waals surface area (Å²) in [6.45, 7) is 0.376. The van der Waals surface area contributed by atoms with Crippen LogP contribution < -0.4 is 14.8 Å². The molecule has 0 aliphatic rings. The topological polar surface area (TPSA) is 65.4 Å². The standard InChI is InChI=1S/C14H16ClN3O3/c1-18-10(4-5-17-18)8-16-14(19)9-6-11(15)13(21-3)12(7-9)20-2/h4-7H,8H2,1-3H3,(H,16,19). The summed E-state index contributed by atoms with van der Waals surface area (Å²) < 4.78 is 12.0. The number of hydrogen-bond acceptors (Lipinski definition) is 4. The maximum absolute atomic E-state index is 12.2. The number of ether oxygens (including phenoxy) is 2. The Hall–Kier alpha value is -2.21. The zero-order chi connectivity index (χ0) is 15.4. The molecule has 7 heteroatoms. The van der Waals surface area contributed by atoms with Crippen molar-refractivity contribution in [1.82, 2.24) is 15.1 Å². The highest BCUT2D eigenvalue weighted by Gasteiger charge is 2.15. The van der Waals surface area contributed by atoms with Gasteiger partial charge in [-0.25, -0.2) is 0 Å². The highest BCUT2D eigenvalue weighted by molar-refractivity contribution is 6.32. The van der Waals surface area contributed by atoms with Crippen LogP contribution in [0.5, 0.6) is 11.5 Å². The van der Waals surface area contributed by atoms with Crippen molar-refractivity contribution in [2.24, 2.45) is 7.05 Å². The van der Waals surface area contributed by atoms with Gasteiger partial charge < -0.3 is 14.8 Å². The van der Waals surface area contributed by atoms with Crippen LogP contribution in [0.4, 0.5) is 0 Å². The third kappa shape index (κ3) is 3.28. The van der Waals surface area contributed by atoms with E-state index in [9.17, 15) is 4.79 Å². The molecule has 6 nitrogen and oxygen atoms in total. The molecule has 1 amide bonds. The molecule has 2 rings (SSSR count). The van der Waals surface area contributed by atoms with Crippen LogP contribution >= 0.6 is 11.6 Å². The Labute approximate surface area is 127 Å². The van der Waals surface area contributed by atoms with E-state index in [2.05, 4.69) is 10.4 Å². The van der Waals surface area contributed by atoms with Crippen LogP contribution in [0.15, 0.2) is 24.4 Å². The molecule has 0 spiro atoms. The molecule has 0 saturated carbocycles. The predicted molar refractivity (Wildman–Crippen MR) is 78.9 cm³/mol. The lowest BCUT2D eigenvalue weighted by molar-refractivity contribution is 0.0949. The molecule has 1 N–H and O–H groups in total. The molecule has 21 heavy (non-hydrogen) atoms. The number of hydrogen-bond donors (Lipinski definition) is 1. The second kappa shape index (κ2) is 6.49. The Kier molecular flexibility index (Phi) is 4.70. The van der Waals surface area contributed by atoms with Crippen LogP contribution in [0, 0.1) is 0 Å². The fourth-order valence-corrected chi connectivity index (χ4v) is 2.18. The van der Waals surface area contributed by atoms with E-state index in [1.807, 2.05) is 13.1 Å². The second-order valence-electron chi connectivity index (χ2n) is 4.32. The summed E-state index contributed by atoms with van der Waals surface area (Å²) in [7, 11) is 4.80. The fourth-order valence-electron chi connectivity index (χ4n) is 1.90. The van der Waals surface area contributed by atoms with E-state index in [0.29, 0.717) is 28.6 Å². The fraction of sp³-hybridized carbons (Fsp3) is 0.286. The van der Waals surface area contributed by atoms with Crippen LogP contribution in [0.1, 0.15) is 16.1 Å². The first-order chi connectivity index (χ1) is 10.1. The minimum atomic E-state index is -0.251. The molecular formula is C14H16ClN3O3. The molecule has 0 bridgehead atoms. The summed E-state index contributed by atoms with van der Waals surface area (Å²) >= 11 is 6.08. The Morgan fingerprint density at radius 1 is 1.38 bits per heavy atom. The van der Waals surface area contributed by atoms with Crippen molar-refractivity contribution in [3.05, 3.63) is 40.7 Å². The van der Waals surface area contributed by atoms with Crippen molar-refractivity contribution in [1.29, 1.82) is 0 Å². The van der Waals surface area contributed by atoms with Gasteiger partial charge in [0, 0.05) is 18.8 Å². The van der Waals surface area contributed by atoms with Gasteiger partial charge in [-0.2, -0.15) is 5.10 Å². The molecule has 0 aliphatic heterocycles. The molecule has 0 atom stereocenters. The molecule has 112 valence electrons. The number of rotatable bonds is 5. The first kappa shape index (κ1) is 15.2. The average Bonchev–Trinajstić information content (AvgIpc) is 2.89. The number of amides is 1. The zero-order valence-corrected chi connectivity index (χ0v) is 12.8. The number of carbonyl (C=O) groups excluding carboxylic acids is 1. The van der Waals surface area contributed by atoms with Gasteiger partial charge in [-0.1, -0.05) is 11.6 Å². The third-order valence-corrected chi connectivity index (χ3v) is 3.33. The summed E-state index contributed by atoms with van der Waals surface area (Å²) in [5, 5.41) is 7.16. The van der Waals surface area contributed by atoms with Crippen LogP contribution in [0.25, 0.3) is 0 Å². The second-order valence-corrected chi connectivity index (χ2v) is 4.73. The predicted octanol–water partition coefficient (Wildman–Crippen LogP) is 2.02. The molecule has 0 radical (unpaired) electrons. The van der Waals surface area contributed by atoms with E-state index >= 15 is 0 Å². The van der Waals surface area contributed by atoms with Crippen LogP contribution in [-0.2, 0) is 13.6 Å². The maximum Gasteiger partial charge on any atom is 0.251 e. The number of nitrogens with one attached hydrogen (secondary N) is 1. The smallest absolute Gasteiger partial charge is 0.251 e. The largest absolute Gasteiger partial charge is 0.493 e. The molecule has 0 unspecified atom stereocenters. The summed E-state index contributed by atoms with van der Waals surface area (Å²) in [6, 6.07) is 4.96. The first-order valence-corrected chi connectivity index (χ1v) is 6.61. The maximum atomic E-state index is 12.2. The van der Waals surface area contributed by atoms with Gasteiger partial charge in [-0.3, -0.25) is 9.48 Å². The molecule has 0 fully saturated rings. The molecule has 1 aromatic heterocycles. The van der Waals surface area contributed by atoms with E-state index in [0.717, 1.165) is 5.69 Å². The van der Waals surface area contributed by atoms with Crippen molar-refractivity contribution >= 4 is 17.5 Å². The quantitative estimate of drug-likeness (QED) is 0.917. The highest BCUT2D eigenvalue weighted by atomic mass is 35.5. The van der Waals surface area contributed by atoms with E-state index < -0.39 is 0 Å². The van der Waals surface area contributed by atoms with Crippen molar-refractivity contribution in [2.75, 3.05) is 14.2 Å². The minimum absolute atomic E-state index is 0.251. The van der Waals surface area contributed by atoms with Crippen molar-refractivity contribution < 1.29 is 14.3 Å². The molecule has 2 aromatic rings. The molecule has 1 heterocycles. The van der Waals surface area contributed by atoms with Gasteiger partial charge in [0.25, 0.3) is 5.91 Å². The lowest BCUT2D eigenvalue weighted by Crippen LogP contribution is -2.24. The number of carbonyl (C=O) groups is 1. The van der Waals surface area contributed by atoms with Crippen LogP contribution in [0.2, 0.25) is 5.02 Å². The van der Waals surface area contributed by atoms with Gasteiger partial charge >= 0.3 is 0 Å². The number of benzene rings is 1. The molecule has 0 saturated heterocycles. The van der Waals surface area contributed by atoms with Crippen molar-refractivity contribution in [3.8, 4) is 11.5 Å². The third-order valence-electron chi connectivity index (χ3n) is 3.05. The number of aryl methyl sites for hydroxylation is 1.